The number of hydrogen-bond donors (Lipinski definition) is 2. The van der Waals surface area contributed by atoms with Gasteiger partial charge in [0.15, 0.2) is 0 Å². The zero-order valence-electron chi connectivity index (χ0n) is 13.2. The van der Waals surface area contributed by atoms with E-state index in [0.29, 0.717) is 0 Å². The molecular weight excluding hydrogens is 266 g/mol. The van der Waals surface area contributed by atoms with E-state index in [0.717, 1.165) is 69.6 Å². The SMILES string of the molecule is CCCNc1cc(N2CCN(CCO)CC2)nc(CC)n1. The number of β-amino-alcohol motifs (C(OH)–C–C–N with tert-alkyl or cyclic N) is 1. The summed E-state index contributed by atoms with van der Waals surface area (Å²) in [7, 11) is 0. The highest BCUT2D eigenvalue weighted by Crippen LogP contribution is 2.18. The van der Waals surface area contributed by atoms with Crippen LogP contribution in [0.1, 0.15) is 26.1 Å². The van der Waals surface area contributed by atoms with Crippen molar-refractivity contribution in [2.75, 3.05) is 56.1 Å². The van der Waals surface area contributed by atoms with Crippen LogP contribution in [-0.4, -0.2) is 65.8 Å². The third-order valence-corrected chi connectivity index (χ3v) is 3.74. The van der Waals surface area contributed by atoms with Gasteiger partial charge in [-0.05, 0) is 6.42 Å². The quantitative estimate of drug-likeness (QED) is 0.781. The lowest BCUT2D eigenvalue weighted by atomic mass is 10.3. The van der Waals surface area contributed by atoms with Gasteiger partial charge in [-0.3, -0.25) is 4.90 Å². The van der Waals surface area contributed by atoms with Crippen molar-refractivity contribution in [1.82, 2.24) is 14.9 Å². The van der Waals surface area contributed by atoms with Gasteiger partial charge < -0.3 is 15.3 Å². The molecule has 2 rings (SSSR count). The Morgan fingerprint density at radius 3 is 2.57 bits per heavy atom. The Morgan fingerprint density at radius 1 is 1.19 bits per heavy atom. The zero-order valence-corrected chi connectivity index (χ0v) is 13.2. The summed E-state index contributed by atoms with van der Waals surface area (Å²) in [5.41, 5.74) is 0. The van der Waals surface area contributed by atoms with Gasteiger partial charge in [-0.1, -0.05) is 13.8 Å². The van der Waals surface area contributed by atoms with Crippen molar-refractivity contribution in [3.8, 4) is 0 Å². The van der Waals surface area contributed by atoms with Crippen LogP contribution in [-0.2, 0) is 6.42 Å². The van der Waals surface area contributed by atoms with Crippen molar-refractivity contribution in [3.63, 3.8) is 0 Å². The standard InChI is InChI=1S/C15H27N5O/c1-3-5-16-14-12-15(18-13(4-2)17-14)20-8-6-19(7-9-20)10-11-21/h12,21H,3-11H2,1-2H3,(H,16,17,18). The second-order valence-electron chi connectivity index (χ2n) is 5.36. The Balaban J connectivity index is 2.04. The van der Waals surface area contributed by atoms with E-state index in [2.05, 4.69) is 45.0 Å². The summed E-state index contributed by atoms with van der Waals surface area (Å²) in [6.07, 6.45) is 1.93. The lowest BCUT2D eigenvalue weighted by Gasteiger charge is -2.35. The van der Waals surface area contributed by atoms with Crippen LogP contribution >= 0.6 is 0 Å². The van der Waals surface area contributed by atoms with Gasteiger partial charge in [-0.2, -0.15) is 0 Å². The summed E-state index contributed by atoms with van der Waals surface area (Å²) in [5.74, 6) is 2.84. The van der Waals surface area contributed by atoms with Gasteiger partial charge >= 0.3 is 0 Å². The number of anilines is 2. The fourth-order valence-electron chi connectivity index (χ4n) is 2.49. The van der Waals surface area contributed by atoms with Gasteiger partial charge in [-0.25, -0.2) is 9.97 Å². The van der Waals surface area contributed by atoms with E-state index >= 15 is 0 Å². The van der Waals surface area contributed by atoms with Crippen LogP contribution in [0, 0.1) is 0 Å². The number of aromatic nitrogens is 2. The van der Waals surface area contributed by atoms with Gasteiger partial charge in [0.2, 0.25) is 0 Å². The maximum Gasteiger partial charge on any atom is 0.134 e. The molecule has 0 aromatic carbocycles. The second kappa shape index (κ2) is 8.14. The van der Waals surface area contributed by atoms with Gasteiger partial charge in [0.25, 0.3) is 0 Å². The van der Waals surface area contributed by atoms with Crippen molar-refractivity contribution < 1.29 is 5.11 Å². The molecule has 2 heterocycles. The number of nitrogens with one attached hydrogen (secondary N) is 1. The van der Waals surface area contributed by atoms with Crippen LogP contribution < -0.4 is 10.2 Å². The van der Waals surface area contributed by atoms with Crippen molar-refractivity contribution in [2.45, 2.75) is 26.7 Å². The maximum absolute atomic E-state index is 9.00. The largest absolute Gasteiger partial charge is 0.395 e. The van der Waals surface area contributed by atoms with Gasteiger partial charge in [0, 0.05) is 51.8 Å². The molecule has 0 amide bonds. The lowest BCUT2D eigenvalue weighted by Crippen LogP contribution is -2.47. The molecular formula is C15H27N5O. The molecule has 1 aliphatic heterocycles. The number of piperazine rings is 1. The first-order valence-corrected chi connectivity index (χ1v) is 7.96. The Kier molecular flexibility index (Phi) is 6.20. The smallest absolute Gasteiger partial charge is 0.134 e. The van der Waals surface area contributed by atoms with Crippen molar-refractivity contribution >= 4 is 11.6 Å². The summed E-state index contributed by atoms with van der Waals surface area (Å²) in [4.78, 5) is 13.8. The Bertz CT molecular complexity index is 432. The average molecular weight is 293 g/mol. The summed E-state index contributed by atoms with van der Waals surface area (Å²) in [5, 5.41) is 12.4. The highest BCUT2D eigenvalue weighted by atomic mass is 16.3. The van der Waals surface area contributed by atoms with E-state index in [9.17, 15) is 0 Å². The van der Waals surface area contributed by atoms with Crippen molar-refractivity contribution in [2.24, 2.45) is 0 Å². The molecule has 0 unspecified atom stereocenters. The molecule has 1 aliphatic rings. The number of aliphatic hydroxyl groups excluding tert-OH is 1. The molecule has 21 heavy (non-hydrogen) atoms. The molecule has 0 spiro atoms. The molecule has 0 saturated carbocycles. The Labute approximate surface area is 127 Å². The van der Waals surface area contributed by atoms with Crippen LogP contribution in [0.4, 0.5) is 11.6 Å². The molecule has 1 aromatic rings. The molecule has 0 radical (unpaired) electrons. The van der Waals surface area contributed by atoms with Gasteiger partial charge in [0.1, 0.15) is 17.5 Å². The molecule has 6 heteroatoms. The zero-order chi connectivity index (χ0) is 15.1. The van der Waals surface area contributed by atoms with E-state index < -0.39 is 0 Å². The monoisotopic (exact) mass is 293 g/mol. The summed E-state index contributed by atoms with van der Waals surface area (Å²) in [6.45, 7) is 10.0. The second-order valence-corrected chi connectivity index (χ2v) is 5.36. The lowest BCUT2D eigenvalue weighted by molar-refractivity contribution is 0.188. The fourth-order valence-corrected chi connectivity index (χ4v) is 2.49. The number of aliphatic hydroxyl groups is 1. The summed E-state index contributed by atoms with van der Waals surface area (Å²) < 4.78 is 0. The minimum absolute atomic E-state index is 0.235. The van der Waals surface area contributed by atoms with E-state index in [1.54, 1.807) is 0 Å². The first-order chi connectivity index (χ1) is 10.3. The Morgan fingerprint density at radius 2 is 1.95 bits per heavy atom. The highest BCUT2D eigenvalue weighted by Gasteiger charge is 2.18. The number of hydrogen-bond acceptors (Lipinski definition) is 6. The first kappa shape index (κ1) is 16.0. The van der Waals surface area contributed by atoms with Crippen molar-refractivity contribution in [3.05, 3.63) is 11.9 Å². The van der Waals surface area contributed by atoms with Crippen LogP contribution in [0.3, 0.4) is 0 Å². The minimum atomic E-state index is 0.235. The summed E-state index contributed by atoms with van der Waals surface area (Å²) in [6, 6.07) is 2.05. The van der Waals surface area contributed by atoms with Crippen LogP contribution in [0.25, 0.3) is 0 Å². The average Bonchev–Trinajstić information content (AvgIpc) is 2.53. The number of aryl methyl sites for hydroxylation is 1. The number of rotatable bonds is 7. The van der Waals surface area contributed by atoms with E-state index in [-0.39, 0.29) is 6.61 Å². The minimum Gasteiger partial charge on any atom is -0.395 e. The van der Waals surface area contributed by atoms with Gasteiger partial charge in [0.05, 0.1) is 6.61 Å². The molecule has 0 atom stereocenters. The molecule has 1 fully saturated rings. The highest BCUT2D eigenvalue weighted by molar-refractivity contribution is 5.49. The normalized spacial score (nSPS) is 16.2. The number of nitrogens with zero attached hydrogens (tertiary/aromatic N) is 4. The van der Waals surface area contributed by atoms with Gasteiger partial charge in [-0.15, -0.1) is 0 Å². The third-order valence-electron chi connectivity index (χ3n) is 3.74. The van der Waals surface area contributed by atoms with Crippen molar-refractivity contribution in [1.29, 1.82) is 0 Å². The molecule has 2 N–H and O–H groups in total. The molecule has 0 bridgehead atoms. The molecule has 6 nitrogen and oxygen atoms in total. The Hall–Kier alpha value is -1.40. The van der Waals surface area contributed by atoms with E-state index in [1.165, 1.54) is 0 Å². The van der Waals surface area contributed by atoms with E-state index in [4.69, 9.17) is 5.11 Å². The summed E-state index contributed by atoms with van der Waals surface area (Å²) >= 11 is 0. The van der Waals surface area contributed by atoms with Crippen LogP contribution in [0.5, 0.6) is 0 Å². The third kappa shape index (κ3) is 4.54. The fraction of sp³-hybridized carbons (Fsp3) is 0.733. The first-order valence-electron chi connectivity index (χ1n) is 7.96. The topological polar surface area (TPSA) is 64.5 Å². The van der Waals surface area contributed by atoms with Crippen LogP contribution in [0.2, 0.25) is 0 Å². The predicted molar refractivity (Wildman–Crippen MR) is 85.9 cm³/mol. The maximum atomic E-state index is 9.00. The predicted octanol–water partition coefficient (Wildman–Crippen LogP) is 0.975. The van der Waals surface area contributed by atoms with E-state index in [1.807, 2.05) is 0 Å². The molecule has 118 valence electrons. The van der Waals surface area contributed by atoms with Crippen LogP contribution in [0.15, 0.2) is 6.07 Å². The molecule has 0 aliphatic carbocycles. The molecule has 1 saturated heterocycles. The molecule has 1 aromatic heterocycles.